The van der Waals surface area contributed by atoms with E-state index in [2.05, 4.69) is 5.32 Å². The lowest BCUT2D eigenvalue weighted by Gasteiger charge is -2.11. The number of nitrogens with one attached hydrogen (secondary N) is 1. The summed E-state index contributed by atoms with van der Waals surface area (Å²) in [4.78, 5) is 25.0. The van der Waals surface area contributed by atoms with Crippen molar-refractivity contribution in [2.75, 3.05) is 26.0 Å². The molecule has 0 spiro atoms. The van der Waals surface area contributed by atoms with E-state index in [9.17, 15) is 14.0 Å². The molecule has 23 heavy (non-hydrogen) atoms. The van der Waals surface area contributed by atoms with Gasteiger partial charge in [0.05, 0.1) is 0 Å². The zero-order chi connectivity index (χ0) is 16.8. The van der Waals surface area contributed by atoms with Gasteiger partial charge in [0, 0.05) is 31.4 Å². The number of halogens is 1. The SMILES string of the molecule is CN(C)C(=O)c1ccc(NC(=O)COc2cccc(F)c2)cc1. The number of hydrogen-bond donors (Lipinski definition) is 1. The fourth-order valence-corrected chi connectivity index (χ4v) is 1.86. The first-order valence-corrected chi connectivity index (χ1v) is 6.95. The third-order valence-electron chi connectivity index (χ3n) is 2.99. The van der Waals surface area contributed by atoms with Crippen LogP contribution < -0.4 is 10.1 Å². The quantitative estimate of drug-likeness (QED) is 0.922. The molecule has 0 aliphatic heterocycles. The van der Waals surface area contributed by atoms with Crippen molar-refractivity contribution < 1.29 is 18.7 Å². The van der Waals surface area contributed by atoms with Crippen LogP contribution in [0.5, 0.6) is 5.75 Å². The molecule has 1 N–H and O–H groups in total. The zero-order valence-electron chi connectivity index (χ0n) is 12.9. The van der Waals surface area contributed by atoms with Crippen molar-refractivity contribution >= 4 is 17.5 Å². The molecule has 0 aliphatic rings. The van der Waals surface area contributed by atoms with E-state index in [1.807, 2.05) is 0 Å². The maximum atomic E-state index is 13.0. The highest BCUT2D eigenvalue weighted by atomic mass is 19.1. The fraction of sp³-hybridized carbons (Fsp3) is 0.176. The van der Waals surface area contributed by atoms with E-state index in [1.54, 1.807) is 44.4 Å². The first-order chi connectivity index (χ1) is 11.0. The molecule has 5 nitrogen and oxygen atoms in total. The highest BCUT2D eigenvalue weighted by Crippen LogP contribution is 2.13. The van der Waals surface area contributed by atoms with Crippen molar-refractivity contribution in [3.63, 3.8) is 0 Å². The lowest BCUT2D eigenvalue weighted by Crippen LogP contribution is -2.22. The van der Waals surface area contributed by atoms with E-state index >= 15 is 0 Å². The van der Waals surface area contributed by atoms with Crippen molar-refractivity contribution in [2.45, 2.75) is 0 Å². The zero-order valence-corrected chi connectivity index (χ0v) is 12.9. The molecule has 0 bridgehead atoms. The summed E-state index contributed by atoms with van der Waals surface area (Å²) in [5.74, 6) is -0.630. The summed E-state index contributed by atoms with van der Waals surface area (Å²) in [7, 11) is 3.34. The Hall–Kier alpha value is -2.89. The van der Waals surface area contributed by atoms with Crippen LogP contribution in [-0.2, 0) is 4.79 Å². The van der Waals surface area contributed by atoms with E-state index in [0.29, 0.717) is 11.3 Å². The van der Waals surface area contributed by atoms with E-state index in [4.69, 9.17) is 4.74 Å². The standard InChI is InChI=1S/C17H17FN2O3/c1-20(2)17(22)12-6-8-14(9-7-12)19-16(21)11-23-15-5-3-4-13(18)10-15/h3-10H,11H2,1-2H3,(H,19,21). The van der Waals surface area contributed by atoms with Gasteiger partial charge in [0.25, 0.3) is 11.8 Å². The van der Waals surface area contributed by atoms with Crippen molar-refractivity contribution in [3.8, 4) is 5.75 Å². The number of nitrogens with zero attached hydrogens (tertiary/aromatic N) is 1. The number of anilines is 1. The second-order valence-corrected chi connectivity index (χ2v) is 5.07. The summed E-state index contributed by atoms with van der Waals surface area (Å²) >= 11 is 0. The maximum absolute atomic E-state index is 13.0. The molecule has 2 aromatic rings. The second kappa shape index (κ2) is 7.40. The minimum absolute atomic E-state index is 0.114. The monoisotopic (exact) mass is 316 g/mol. The van der Waals surface area contributed by atoms with Crippen LogP contribution in [0.4, 0.5) is 10.1 Å². The van der Waals surface area contributed by atoms with Crippen LogP contribution in [0, 0.1) is 5.82 Å². The Balaban J connectivity index is 1.89. The summed E-state index contributed by atoms with van der Waals surface area (Å²) in [6.07, 6.45) is 0. The molecule has 2 rings (SSSR count). The molecule has 0 aromatic heterocycles. The predicted molar refractivity (Wildman–Crippen MR) is 85.0 cm³/mol. The van der Waals surface area contributed by atoms with Crippen LogP contribution in [0.3, 0.4) is 0 Å². The van der Waals surface area contributed by atoms with Crippen LogP contribution in [-0.4, -0.2) is 37.4 Å². The Morgan fingerprint density at radius 3 is 2.43 bits per heavy atom. The molecule has 6 heteroatoms. The summed E-state index contributed by atoms with van der Waals surface area (Å²) in [6, 6.07) is 12.1. The van der Waals surface area contributed by atoms with Gasteiger partial charge in [0.15, 0.2) is 6.61 Å². The number of benzene rings is 2. The van der Waals surface area contributed by atoms with Crippen LogP contribution >= 0.6 is 0 Å². The molecule has 0 atom stereocenters. The Morgan fingerprint density at radius 2 is 1.83 bits per heavy atom. The smallest absolute Gasteiger partial charge is 0.262 e. The summed E-state index contributed by atoms with van der Waals surface area (Å²) in [5.41, 5.74) is 1.08. The van der Waals surface area contributed by atoms with Gasteiger partial charge in [-0.25, -0.2) is 4.39 Å². The molecular formula is C17H17FN2O3. The minimum atomic E-state index is -0.427. The molecular weight excluding hydrogens is 299 g/mol. The second-order valence-electron chi connectivity index (χ2n) is 5.07. The predicted octanol–water partition coefficient (Wildman–Crippen LogP) is 2.55. The summed E-state index contributed by atoms with van der Waals surface area (Å²) < 4.78 is 18.2. The molecule has 2 amide bonds. The fourth-order valence-electron chi connectivity index (χ4n) is 1.86. The Morgan fingerprint density at radius 1 is 1.13 bits per heavy atom. The average Bonchev–Trinajstić information content (AvgIpc) is 2.53. The van der Waals surface area contributed by atoms with E-state index < -0.39 is 5.82 Å². The molecule has 0 aliphatic carbocycles. The maximum Gasteiger partial charge on any atom is 0.262 e. The van der Waals surface area contributed by atoms with Gasteiger partial charge in [-0.3, -0.25) is 9.59 Å². The first kappa shape index (κ1) is 16.5. The number of amides is 2. The van der Waals surface area contributed by atoms with Gasteiger partial charge in [-0.15, -0.1) is 0 Å². The van der Waals surface area contributed by atoms with Crippen LogP contribution in [0.2, 0.25) is 0 Å². The van der Waals surface area contributed by atoms with Gasteiger partial charge in [0.2, 0.25) is 0 Å². The third kappa shape index (κ3) is 4.81. The number of rotatable bonds is 5. The topological polar surface area (TPSA) is 58.6 Å². The summed E-state index contributed by atoms with van der Waals surface area (Å²) in [5, 5.41) is 2.64. The number of hydrogen-bond acceptors (Lipinski definition) is 3. The molecule has 2 aromatic carbocycles. The third-order valence-corrected chi connectivity index (χ3v) is 2.99. The first-order valence-electron chi connectivity index (χ1n) is 6.95. The molecule has 0 saturated carbocycles. The lowest BCUT2D eigenvalue weighted by atomic mass is 10.2. The molecule has 0 heterocycles. The largest absolute Gasteiger partial charge is 0.484 e. The van der Waals surface area contributed by atoms with Gasteiger partial charge in [-0.1, -0.05) is 6.07 Å². The number of carbonyl (C=O) groups is 2. The van der Waals surface area contributed by atoms with Gasteiger partial charge in [-0.2, -0.15) is 0 Å². The van der Waals surface area contributed by atoms with Gasteiger partial charge in [0.1, 0.15) is 11.6 Å². The molecule has 0 fully saturated rings. The molecule has 120 valence electrons. The van der Waals surface area contributed by atoms with E-state index in [-0.39, 0.29) is 24.2 Å². The Kier molecular flexibility index (Phi) is 5.30. The van der Waals surface area contributed by atoms with Crippen molar-refractivity contribution in [1.29, 1.82) is 0 Å². The number of ether oxygens (including phenoxy) is 1. The van der Waals surface area contributed by atoms with Gasteiger partial charge >= 0.3 is 0 Å². The summed E-state index contributed by atoms with van der Waals surface area (Å²) in [6.45, 7) is -0.234. The van der Waals surface area contributed by atoms with Crippen LogP contribution in [0.15, 0.2) is 48.5 Å². The van der Waals surface area contributed by atoms with Crippen molar-refractivity contribution in [3.05, 3.63) is 59.9 Å². The highest BCUT2D eigenvalue weighted by Gasteiger charge is 2.08. The minimum Gasteiger partial charge on any atom is -0.484 e. The molecule has 0 saturated heterocycles. The Labute approximate surface area is 133 Å². The normalized spacial score (nSPS) is 10.0. The van der Waals surface area contributed by atoms with Crippen molar-refractivity contribution in [1.82, 2.24) is 4.90 Å². The lowest BCUT2D eigenvalue weighted by molar-refractivity contribution is -0.118. The van der Waals surface area contributed by atoms with E-state index in [1.165, 1.54) is 23.1 Å². The van der Waals surface area contributed by atoms with Gasteiger partial charge < -0.3 is 15.0 Å². The van der Waals surface area contributed by atoms with Crippen LogP contribution in [0.1, 0.15) is 10.4 Å². The Bertz CT molecular complexity index is 699. The molecule has 0 radical (unpaired) electrons. The van der Waals surface area contributed by atoms with E-state index in [0.717, 1.165) is 0 Å². The highest BCUT2D eigenvalue weighted by molar-refractivity contribution is 5.95. The average molecular weight is 316 g/mol. The van der Waals surface area contributed by atoms with Gasteiger partial charge in [-0.05, 0) is 36.4 Å². The van der Waals surface area contributed by atoms with Crippen molar-refractivity contribution in [2.24, 2.45) is 0 Å². The number of carbonyl (C=O) groups excluding carboxylic acids is 2. The van der Waals surface area contributed by atoms with Crippen LogP contribution in [0.25, 0.3) is 0 Å². The molecule has 0 unspecified atom stereocenters.